The van der Waals surface area contributed by atoms with Gasteiger partial charge in [0.05, 0.1) is 19.9 Å². The molecule has 13 heteroatoms. The predicted octanol–water partition coefficient (Wildman–Crippen LogP) is 5.77. The average molecular weight is 805 g/mol. The number of aryl methyl sites for hydroxylation is 1. The number of imide groups is 1. The summed E-state index contributed by atoms with van der Waals surface area (Å²) in [6.07, 6.45) is 4.04. The molecule has 59 heavy (non-hydrogen) atoms. The van der Waals surface area contributed by atoms with Crippen molar-refractivity contribution in [3.8, 4) is 17.4 Å². The molecular formula is C46H53FN6O6. The molecule has 1 aromatic heterocycles. The van der Waals surface area contributed by atoms with E-state index in [0.29, 0.717) is 23.2 Å². The van der Waals surface area contributed by atoms with Crippen LogP contribution in [0.3, 0.4) is 0 Å². The number of pyridine rings is 1. The maximum Gasteiger partial charge on any atom is 0.270 e. The van der Waals surface area contributed by atoms with Gasteiger partial charge in [-0.25, -0.2) is 9.37 Å². The number of aromatic hydroxyl groups is 1. The van der Waals surface area contributed by atoms with Gasteiger partial charge in [-0.2, -0.15) is 0 Å². The molecule has 0 bridgehead atoms. The van der Waals surface area contributed by atoms with E-state index in [4.69, 9.17) is 9.47 Å². The van der Waals surface area contributed by atoms with Crippen molar-refractivity contribution in [1.29, 1.82) is 0 Å². The van der Waals surface area contributed by atoms with Crippen molar-refractivity contribution in [3.63, 3.8) is 0 Å². The van der Waals surface area contributed by atoms with Gasteiger partial charge in [-0.3, -0.25) is 24.6 Å². The highest BCUT2D eigenvalue weighted by Crippen LogP contribution is 2.50. The molecule has 8 rings (SSSR count). The van der Waals surface area contributed by atoms with Crippen LogP contribution in [0.25, 0.3) is 0 Å². The molecule has 3 aliphatic heterocycles. The first kappa shape index (κ1) is 40.1. The number of methoxy groups -OCH3 is 2. The fourth-order valence-electron chi connectivity index (χ4n) is 9.74. The fraction of sp³-hybridized carbons (Fsp3) is 0.435. The lowest BCUT2D eigenvalue weighted by molar-refractivity contribution is -0.134. The van der Waals surface area contributed by atoms with Crippen molar-refractivity contribution < 1.29 is 33.4 Å². The van der Waals surface area contributed by atoms with Gasteiger partial charge < -0.3 is 29.7 Å². The first-order valence-corrected chi connectivity index (χ1v) is 20.8. The number of carbonyl (C=O) groups excluding carboxylic acids is 3. The number of nitrogens with zero attached hydrogens (tertiary/aromatic N) is 4. The molecule has 12 nitrogen and oxygen atoms in total. The van der Waals surface area contributed by atoms with Gasteiger partial charge in [-0.15, -0.1) is 0 Å². The Morgan fingerprint density at radius 1 is 0.898 bits per heavy atom. The number of benzene rings is 3. The standard InChI is InChI=1S/C46H53FN6O6/c1-28-26-51(21-22-53(28)39-15-13-38(49-46(39)59-3)44(56)48-37-14-16-42(55)50-45(37)57)27-29-17-19-52(20-18-29)40-25-41(58-2)35(24-36(40)47)43-33(30-7-5-4-6-8-30)11-9-31-23-32(54)10-12-34(31)43/h4-8,10,12-13,15,23-25,28-29,33,37,43,54H,9,11,14,16-22,26-27H2,1-3H3,(H,48,56)(H,50,55,57)/t28-,33+,37-,43-/m0/s1. The minimum Gasteiger partial charge on any atom is -0.508 e. The van der Waals surface area contributed by atoms with E-state index in [1.807, 2.05) is 30.3 Å². The molecule has 1 aliphatic carbocycles. The molecular weight excluding hydrogens is 752 g/mol. The second-order valence-electron chi connectivity index (χ2n) is 16.4. The lowest BCUT2D eigenvalue weighted by Crippen LogP contribution is -2.53. The summed E-state index contributed by atoms with van der Waals surface area (Å²) in [5, 5.41) is 15.2. The molecule has 3 amide bonds. The second kappa shape index (κ2) is 17.3. The van der Waals surface area contributed by atoms with Crippen molar-refractivity contribution in [2.45, 2.75) is 69.4 Å². The fourth-order valence-corrected chi connectivity index (χ4v) is 9.74. The molecule has 4 aromatic rings. The molecule has 310 valence electrons. The van der Waals surface area contributed by atoms with E-state index in [2.05, 4.69) is 61.5 Å². The molecule has 0 unspecified atom stereocenters. The van der Waals surface area contributed by atoms with Crippen LogP contribution < -0.4 is 29.9 Å². The third-order valence-corrected chi connectivity index (χ3v) is 12.8. The Kier molecular flexibility index (Phi) is 11.7. The smallest absolute Gasteiger partial charge is 0.270 e. The summed E-state index contributed by atoms with van der Waals surface area (Å²) in [4.78, 5) is 48.0. The van der Waals surface area contributed by atoms with Gasteiger partial charge in [-0.05, 0) is 97.9 Å². The minimum absolute atomic E-state index is 0.121. The van der Waals surface area contributed by atoms with Crippen molar-refractivity contribution in [2.24, 2.45) is 5.92 Å². The Morgan fingerprint density at radius 3 is 2.42 bits per heavy atom. The number of carbonyl (C=O) groups is 3. The third kappa shape index (κ3) is 8.43. The van der Waals surface area contributed by atoms with Crippen LogP contribution in [-0.2, 0) is 16.0 Å². The molecule has 3 N–H and O–H groups in total. The molecule has 0 radical (unpaired) electrons. The molecule has 3 aromatic carbocycles. The number of piperidine rings is 2. The van der Waals surface area contributed by atoms with Crippen molar-refractivity contribution in [1.82, 2.24) is 20.5 Å². The summed E-state index contributed by atoms with van der Waals surface area (Å²) in [5.74, 6) is 0.157. The molecule has 0 spiro atoms. The first-order chi connectivity index (χ1) is 28.6. The number of anilines is 2. The van der Waals surface area contributed by atoms with E-state index in [9.17, 15) is 19.5 Å². The van der Waals surface area contributed by atoms with Gasteiger partial charge in [0.2, 0.25) is 17.7 Å². The Balaban J connectivity index is 0.894. The number of piperazine rings is 1. The number of amides is 3. The summed E-state index contributed by atoms with van der Waals surface area (Å²) in [7, 11) is 3.19. The van der Waals surface area contributed by atoms with Crippen LogP contribution in [0.5, 0.6) is 17.4 Å². The van der Waals surface area contributed by atoms with E-state index >= 15 is 4.39 Å². The van der Waals surface area contributed by atoms with Crippen LogP contribution in [0.15, 0.2) is 72.8 Å². The van der Waals surface area contributed by atoms with Gasteiger partial charge >= 0.3 is 0 Å². The summed E-state index contributed by atoms with van der Waals surface area (Å²) in [5.41, 5.74) is 5.75. The van der Waals surface area contributed by atoms with Crippen molar-refractivity contribution >= 4 is 29.1 Å². The molecule has 4 aliphatic rings. The SMILES string of the molecule is COc1cc(N2CCC(CN3CCN(c4ccc(C(=O)N[C@H]5CCC(=O)NC5=O)nc4OC)[C@@H](C)C3)CC2)c(F)cc1[C@@H]1c2ccc(O)cc2CC[C@@H]1c1ccccc1. The van der Waals surface area contributed by atoms with E-state index in [1.54, 1.807) is 25.3 Å². The van der Waals surface area contributed by atoms with E-state index in [-0.39, 0.29) is 53.9 Å². The van der Waals surface area contributed by atoms with E-state index in [1.165, 1.54) is 12.7 Å². The molecule has 4 heterocycles. The number of phenols is 1. The summed E-state index contributed by atoms with van der Waals surface area (Å²) in [6, 6.07) is 22.4. The van der Waals surface area contributed by atoms with Crippen molar-refractivity contribution in [2.75, 3.05) is 63.3 Å². The highest BCUT2D eigenvalue weighted by Gasteiger charge is 2.36. The normalized spacial score (nSPS) is 22.7. The van der Waals surface area contributed by atoms with E-state index in [0.717, 1.165) is 87.3 Å². The second-order valence-corrected chi connectivity index (χ2v) is 16.4. The first-order valence-electron chi connectivity index (χ1n) is 20.8. The number of nitrogens with one attached hydrogen (secondary N) is 2. The number of rotatable bonds is 10. The zero-order chi connectivity index (χ0) is 41.2. The summed E-state index contributed by atoms with van der Waals surface area (Å²) < 4.78 is 28.1. The van der Waals surface area contributed by atoms with Crippen LogP contribution in [0.2, 0.25) is 0 Å². The molecule has 0 saturated carbocycles. The minimum atomic E-state index is -0.790. The topological polar surface area (TPSA) is 137 Å². The number of ether oxygens (including phenoxy) is 2. The quantitative estimate of drug-likeness (QED) is 0.170. The molecule has 4 atom stereocenters. The van der Waals surface area contributed by atoms with Gasteiger partial charge in [-0.1, -0.05) is 36.4 Å². The zero-order valence-electron chi connectivity index (χ0n) is 34.0. The predicted molar refractivity (Wildman–Crippen MR) is 223 cm³/mol. The molecule has 3 fully saturated rings. The number of halogens is 1. The van der Waals surface area contributed by atoms with E-state index < -0.39 is 17.9 Å². The lowest BCUT2D eigenvalue weighted by Gasteiger charge is -2.43. The number of hydrogen-bond acceptors (Lipinski definition) is 10. The number of fused-ring (bicyclic) bond motifs is 1. The highest BCUT2D eigenvalue weighted by molar-refractivity contribution is 6.03. The highest BCUT2D eigenvalue weighted by atomic mass is 19.1. The van der Waals surface area contributed by atoms with Gasteiger partial charge in [0.1, 0.15) is 34.7 Å². The van der Waals surface area contributed by atoms with Gasteiger partial charge in [0.15, 0.2) is 0 Å². The zero-order valence-corrected chi connectivity index (χ0v) is 34.0. The van der Waals surface area contributed by atoms with Crippen molar-refractivity contribution in [3.05, 3.63) is 107 Å². The average Bonchev–Trinajstić information content (AvgIpc) is 3.24. The monoisotopic (exact) mass is 804 g/mol. The number of aromatic nitrogens is 1. The van der Waals surface area contributed by atoms with Crippen LogP contribution in [0.1, 0.15) is 83.6 Å². The summed E-state index contributed by atoms with van der Waals surface area (Å²) >= 11 is 0. The Hall–Kier alpha value is -5.69. The number of hydrogen-bond donors (Lipinski definition) is 3. The lowest BCUT2D eigenvalue weighted by atomic mass is 9.69. The Morgan fingerprint density at radius 2 is 1.69 bits per heavy atom. The van der Waals surface area contributed by atoms with Gasteiger partial charge in [0.25, 0.3) is 5.91 Å². The largest absolute Gasteiger partial charge is 0.508 e. The molecule has 3 saturated heterocycles. The maximum atomic E-state index is 16.4. The Labute approximate surface area is 344 Å². The summed E-state index contributed by atoms with van der Waals surface area (Å²) in [6.45, 7) is 7.11. The van der Waals surface area contributed by atoms with Gasteiger partial charge in [0, 0.05) is 69.3 Å². The van der Waals surface area contributed by atoms with Crippen LogP contribution in [0, 0.1) is 11.7 Å². The van der Waals surface area contributed by atoms with Crippen LogP contribution >= 0.6 is 0 Å². The third-order valence-electron chi connectivity index (χ3n) is 12.8. The van der Waals surface area contributed by atoms with Crippen LogP contribution in [0.4, 0.5) is 15.8 Å². The maximum absolute atomic E-state index is 16.4. The van der Waals surface area contributed by atoms with Crippen LogP contribution in [-0.4, -0.2) is 98.3 Å². The number of phenolic OH excluding ortho intramolecular Hbond substituents is 1. The Bertz CT molecular complexity index is 2200.